The molecule has 18 heavy (non-hydrogen) atoms. The van der Waals surface area contributed by atoms with Gasteiger partial charge in [-0.1, -0.05) is 57.2 Å². The lowest BCUT2D eigenvalue weighted by atomic mass is 10.0. The Morgan fingerprint density at radius 3 is 2.17 bits per heavy atom. The van der Waals surface area contributed by atoms with Crippen molar-refractivity contribution in [2.24, 2.45) is 0 Å². The van der Waals surface area contributed by atoms with E-state index in [1.807, 2.05) is 0 Å². The first-order valence-electron chi connectivity index (χ1n) is 7.01. The Morgan fingerprint density at radius 1 is 0.889 bits per heavy atom. The van der Waals surface area contributed by atoms with Crippen molar-refractivity contribution in [3.63, 3.8) is 0 Å². The maximum Gasteiger partial charge on any atom is 0.0393 e. The van der Waals surface area contributed by atoms with Crippen LogP contribution >= 0.6 is 17.0 Å². The van der Waals surface area contributed by atoms with Crippen LogP contribution in [0.4, 0.5) is 5.69 Å². The molecule has 0 bridgehead atoms. The number of para-hydroxylation sites is 1. The molecule has 104 valence electrons. The fraction of sp³-hybridized carbons (Fsp3) is 0.625. The molecule has 1 nitrogen and oxygen atoms in total. The summed E-state index contributed by atoms with van der Waals surface area (Å²) in [5, 5.41) is 0. The molecule has 0 radical (unpaired) electrons. The number of hydrogen-bond acceptors (Lipinski definition) is 1. The fourth-order valence-corrected chi connectivity index (χ4v) is 2.25. The summed E-state index contributed by atoms with van der Waals surface area (Å²) < 4.78 is 0. The normalized spacial score (nSPS) is 9.94. The number of nitrogens with zero attached hydrogens (tertiary/aromatic N) is 1. The zero-order chi connectivity index (χ0) is 12.5. The molecule has 0 saturated heterocycles. The van der Waals surface area contributed by atoms with Crippen molar-refractivity contribution in [3.8, 4) is 0 Å². The van der Waals surface area contributed by atoms with E-state index < -0.39 is 0 Å². The smallest absolute Gasteiger partial charge is 0.0393 e. The van der Waals surface area contributed by atoms with Gasteiger partial charge in [-0.05, 0) is 24.5 Å². The number of rotatable bonds is 8. The van der Waals surface area contributed by atoms with Crippen LogP contribution in [0.1, 0.15) is 51.0 Å². The van der Waals surface area contributed by atoms with E-state index in [1.165, 1.54) is 56.2 Å². The van der Waals surface area contributed by atoms with Crippen LogP contribution in [-0.2, 0) is 6.42 Å². The molecular weight excluding hydrogens is 286 g/mol. The van der Waals surface area contributed by atoms with E-state index in [4.69, 9.17) is 0 Å². The zero-order valence-electron chi connectivity index (χ0n) is 12.1. The molecule has 1 aromatic carbocycles. The zero-order valence-corrected chi connectivity index (χ0v) is 13.8. The molecule has 0 unspecified atom stereocenters. The van der Waals surface area contributed by atoms with Crippen molar-refractivity contribution in [3.05, 3.63) is 29.8 Å². The minimum absolute atomic E-state index is 0. The molecule has 1 aromatic rings. The Kier molecular flexibility index (Phi) is 10.1. The summed E-state index contributed by atoms with van der Waals surface area (Å²) in [7, 11) is 4.25. The Morgan fingerprint density at radius 2 is 1.50 bits per heavy atom. The van der Waals surface area contributed by atoms with Crippen molar-refractivity contribution >= 4 is 22.7 Å². The van der Waals surface area contributed by atoms with Crippen molar-refractivity contribution in [2.45, 2.75) is 51.9 Å². The third kappa shape index (κ3) is 6.44. The molecule has 0 atom stereocenters. The Hall–Kier alpha value is -0.500. The highest BCUT2D eigenvalue weighted by Crippen LogP contribution is 2.20. The summed E-state index contributed by atoms with van der Waals surface area (Å²) in [5.41, 5.74) is 2.87. The van der Waals surface area contributed by atoms with Crippen LogP contribution in [0, 0.1) is 0 Å². The summed E-state index contributed by atoms with van der Waals surface area (Å²) in [6, 6.07) is 8.76. The molecule has 0 heterocycles. The number of halogens is 1. The standard InChI is InChI=1S/C16H27N.BrH/c1-4-5-6-7-8-9-12-15-13-10-11-14-16(15)17(2)3;/h10-11,13-14H,4-9,12H2,1-3H3;1H. The summed E-state index contributed by atoms with van der Waals surface area (Å²) >= 11 is 0. The molecule has 0 aliphatic heterocycles. The molecule has 0 amide bonds. The first-order valence-corrected chi connectivity index (χ1v) is 7.01. The maximum atomic E-state index is 2.27. The van der Waals surface area contributed by atoms with Crippen LogP contribution in [0.2, 0.25) is 0 Å². The first-order chi connectivity index (χ1) is 8.25. The van der Waals surface area contributed by atoms with E-state index in [9.17, 15) is 0 Å². The molecular formula is C16H28BrN. The average molecular weight is 314 g/mol. The van der Waals surface area contributed by atoms with Crippen LogP contribution in [0.5, 0.6) is 0 Å². The lowest BCUT2D eigenvalue weighted by Crippen LogP contribution is -2.11. The van der Waals surface area contributed by atoms with Crippen LogP contribution in [0.25, 0.3) is 0 Å². The summed E-state index contributed by atoms with van der Waals surface area (Å²) in [5.74, 6) is 0. The van der Waals surface area contributed by atoms with Crippen molar-refractivity contribution < 1.29 is 0 Å². The largest absolute Gasteiger partial charge is 0.377 e. The number of aryl methyl sites for hydroxylation is 1. The van der Waals surface area contributed by atoms with Gasteiger partial charge in [0.1, 0.15) is 0 Å². The van der Waals surface area contributed by atoms with Gasteiger partial charge in [0.2, 0.25) is 0 Å². The van der Waals surface area contributed by atoms with Crippen LogP contribution in [0.15, 0.2) is 24.3 Å². The van der Waals surface area contributed by atoms with Gasteiger partial charge in [0.25, 0.3) is 0 Å². The molecule has 0 saturated carbocycles. The van der Waals surface area contributed by atoms with Gasteiger partial charge in [-0.2, -0.15) is 0 Å². The van der Waals surface area contributed by atoms with Crippen molar-refractivity contribution in [2.75, 3.05) is 19.0 Å². The molecule has 0 aliphatic rings. The van der Waals surface area contributed by atoms with Gasteiger partial charge >= 0.3 is 0 Å². The number of anilines is 1. The Balaban J connectivity index is 0.00000289. The molecule has 0 aromatic heterocycles. The van der Waals surface area contributed by atoms with Crippen molar-refractivity contribution in [1.82, 2.24) is 0 Å². The average Bonchev–Trinajstić information content (AvgIpc) is 2.34. The third-order valence-corrected chi connectivity index (χ3v) is 3.27. The van der Waals surface area contributed by atoms with Gasteiger partial charge in [0.15, 0.2) is 0 Å². The summed E-state index contributed by atoms with van der Waals surface area (Å²) in [4.78, 5) is 2.21. The minimum Gasteiger partial charge on any atom is -0.377 e. The van der Waals surface area contributed by atoms with E-state index in [0.717, 1.165) is 0 Å². The monoisotopic (exact) mass is 313 g/mol. The lowest BCUT2D eigenvalue weighted by Gasteiger charge is -2.17. The van der Waals surface area contributed by atoms with Gasteiger partial charge in [-0.15, -0.1) is 17.0 Å². The number of unbranched alkanes of at least 4 members (excludes halogenated alkanes) is 5. The topological polar surface area (TPSA) is 3.24 Å². The van der Waals surface area contributed by atoms with E-state index >= 15 is 0 Å². The van der Waals surface area contributed by atoms with Gasteiger partial charge in [0, 0.05) is 19.8 Å². The molecule has 0 N–H and O–H groups in total. The summed E-state index contributed by atoms with van der Waals surface area (Å²) in [6.07, 6.45) is 9.47. The molecule has 0 fully saturated rings. The van der Waals surface area contributed by atoms with Gasteiger partial charge in [-0.3, -0.25) is 0 Å². The molecule has 1 rings (SSSR count). The Bertz CT molecular complexity index is 310. The second-order valence-electron chi connectivity index (χ2n) is 5.04. The maximum absolute atomic E-state index is 2.27. The fourth-order valence-electron chi connectivity index (χ4n) is 2.25. The summed E-state index contributed by atoms with van der Waals surface area (Å²) in [6.45, 7) is 2.27. The number of hydrogen-bond donors (Lipinski definition) is 0. The molecule has 2 heteroatoms. The van der Waals surface area contributed by atoms with E-state index in [0.29, 0.717) is 0 Å². The third-order valence-electron chi connectivity index (χ3n) is 3.27. The van der Waals surface area contributed by atoms with Crippen LogP contribution in [0.3, 0.4) is 0 Å². The predicted molar refractivity (Wildman–Crippen MR) is 88.2 cm³/mol. The highest BCUT2D eigenvalue weighted by molar-refractivity contribution is 8.93. The van der Waals surface area contributed by atoms with Gasteiger partial charge < -0.3 is 4.90 Å². The number of benzene rings is 1. The van der Waals surface area contributed by atoms with E-state index in [-0.39, 0.29) is 17.0 Å². The first kappa shape index (κ1) is 17.5. The highest BCUT2D eigenvalue weighted by atomic mass is 79.9. The van der Waals surface area contributed by atoms with Crippen molar-refractivity contribution in [1.29, 1.82) is 0 Å². The van der Waals surface area contributed by atoms with Gasteiger partial charge in [0.05, 0.1) is 0 Å². The molecule has 0 aliphatic carbocycles. The second-order valence-corrected chi connectivity index (χ2v) is 5.04. The SMILES string of the molecule is Br.CCCCCCCCc1ccccc1N(C)C. The molecule has 0 spiro atoms. The highest BCUT2D eigenvalue weighted by Gasteiger charge is 2.02. The predicted octanol–water partition coefficient (Wildman–Crippen LogP) is 5.23. The van der Waals surface area contributed by atoms with E-state index in [1.54, 1.807) is 0 Å². The quantitative estimate of drug-likeness (QED) is 0.594. The second kappa shape index (κ2) is 10.4. The minimum atomic E-state index is 0. The lowest BCUT2D eigenvalue weighted by molar-refractivity contribution is 0.607. The van der Waals surface area contributed by atoms with Crippen LogP contribution < -0.4 is 4.90 Å². The van der Waals surface area contributed by atoms with Crippen LogP contribution in [-0.4, -0.2) is 14.1 Å². The van der Waals surface area contributed by atoms with Gasteiger partial charge in [-0.25, -0.2) is 0 Å². The Labute approximate surface area is 123 Å². The van der Waals surface area contributed by atoms with E-state index in [2.05, 4.69) is 50.2 Å².